The van der Waals surface area contributed by atoms with Crippen molar-refractivity contribution in [2.45, 2.75) is 26.2 Å². The van der Waals surface area contributed by atoms with Crippen molar-refractivity contribution in [2.24, 2.45) is 5.92 Å². The average molecular weight is 269 g/mol. The fraction of sp³-hybridized carbons (Fsp3) is 0.500. The zero-order chi connectivity index (χ0) is 13.3. The first kappa shape index (κ1) is 13.2. The normalized spacial score (nSPS) is 19.1. The first-order valence-corrected chi connectivity index (χ1v) is 6.42. The van der Waals surface area contributed by atoms with E-state index >= 15 is 0 Å². The van der Waals surface area contributed by atoms with Gasteiger partial charge in [0.1, 0.15) is 0 Å². The summed E-state index contributed by atoms with van der Waals surface area (Å²) in [7, 11) is 3.10. The third-order valence-electron chi connectivity index (χ3n) is 3.42. The highest BCUT2D eigenvalue weighted by Crippen LogP contribution is 2.41. The molecular weight excluding hydrogens is 252 g/mol. The first-order valence-electron chi connectivity index (χ1n) is 6.05. The van der Waals surface area contributed by atoms with Crippen molar-refractivity contribution in [3.8, 4) is 11.5 Å². The SMILES string of the molecule is COc1cc(Cl)c2c(c1OC)C(=O)CC(C)CC2. The molecule has 0 heterocycles. The van der Waals surface area contributed by atoms with E-state index in [9.17, 15) is 4.79 Å². The van der Waals surface area contributed by atoms with E-state index in [1.807, 2.05) is 0 Å². The summed E-state index contributed by atoms with van der Waals surface area (Å²) < 4.78 is 10.6. The van der Waals surface area contributed by atoms with Gasteiger partial charge in [0.2, 0.25) is 0 Å². The molecule has 3 nitrogen and oxygen atoms in total. The molecule has 18 heavy (non-hydrogen) atoms. The largest absolute Gasteiger partial charge is 0.493 e. The zero-order valence-corrected chi connectivity index (χ0v) is 11.6. The molecule has 1 aliphatic carbocycles. The molecule has 0 saturated carbocycles. The standard InChI is InChI=1S/C14H17ClO3/c1-8-4-5-9-10(15)7-12(17-2)14(18-3)13(9)11(16)6-8/h7-8H,4-6H2,1-3H3. The lowest BCUT2D eigenvalue weighted by atomic mass is 10.00. The highest BCUT2D eigenvalue weighted by molar-refractivity contribution is 6.32. The molecule has 2 rings (SSSR count). The predicted octanol–water partition coefficient (Wildman–Crippen LogP) is 3.51. The van der Waals surface area contributed by atoms with Crippen molar-refractivity contribution >= 4 is 17.4 Å². The maximum Gasteiger partial charge on any atom is 0.171 e. The number of rotatable bonds is 2. The highest BCUT2D eigenvalue weighted by Gasteiger charge is 2.27. The van der Waals surface area contributed by atoms with Crippen LogP contribution in [0.5, 0.6) is 11.5 Å². The van der Waals surface area contributed by atoms with Gasteiger partial charge in [0, 0.05) is 17.5 Å². The fourth-order valence-electron chi connectivity index (χ4n) is 2.45. The second kappa shape index (κ2) is 5.19. The first-order chi connectivity index (χ1) is 8.58. The van der Waals surface area contributed by atoms with Crippen LogP contribution in [-0.4, -0.2) is 20.0 Å². The smallest absolute Gasteiger partial charge is 0.171 e. The molecule has 0 amide bonds. The van der Waals surface area contributed by atoms with E-state index in [2.05, 4.69) is 6.92 Å². The fourth-order valence-corrected chi connectivity index (χ4v) is 2.74. The van der Waals surface area contributed by atoms with E-state index in [0.717, 1.165) is 18.4 Å². The minimum Gasteiger partial charge on any atom is -0.493 e. The van der Waals surface area contributed by atoms with Gasteiger partial charge in [0.05, 0.1) is 19.8 Å². The maximum atomic E-state index is 12.3. The minimum atomic E-state index is 0.0904. The van der Waals surface area contributed by atoms with Crippen LogP contribution in [0.15, 0.2) is 6.07 Å². The number of ketones is 1. The Morgan fingerprint density at radius 2 is 2.06 bits per heavy atom. The Bertz CT molecular complexity index is 482. The van der Waals surface area contributed by atoms with Gasteiger partial charge < -0.3 is 9.47 Å². The molecule has 0 saturated heterocycles. The maximum absolute atomic E-state index is 12.3. The molecule has 1 atom stereocenters. The summed E-state index contributed by atoms with van der Waals surface area (Å²) in [6, 6.07) is 1.72. The molecule has 1 aliphatic rings. The zero-order valence-electron chi connectivity index (χ0n) is 10.9. The van der Waals surface area contributed by atoms with E-state index in [0.29, 0.717) is 34.4 Å². The van der Waals surface area contributed by atoms with Crippen molar-refractivity contribution in [2.75, 3.05) is 14.2 Å². The van der Waals surface area contributed by atoms with E-state index < -0.39 is 0 Å². The van der Waals surface area contributed by atoms with Crippen LogP contribution in [0, 0.1) is 5.92 Å². The van der Waals surface area contributed by atoms with E-state index in [-0.39, 0.29) is 5.78 Å². The Kier molecular flexibility index (Phi) is 3.81. The Balaban J connectivity index is 2.66. The van der Waals surface area contributed by atoms with Crippen molar-refractivity contribution < 1.29 is 14.3 Å². The van der Waals surface area contributed by atoms with Crippen LogP contribution >= 0.6 is 11.6 Å². The van der Waals surface area contributed by atoms with E-state index in [1.54, 1.807) is 20.3 Å². The molecule has 1 aromatic rings. The molecule has 0 N–H and O–H groups in total. The Labute approximate surface area is 112 Å². The molecule has 98 valence electrons. The molecule has 1 unspecified atom stereocenters. The topological polar surface area (TPSA) is 35.5 Å². The molecule has 0 fully saturated rings. The summed E-state index contributed by atoms with van der Waals surface area (Å²) in [5, 5.41) is 0.588. The summed E-state index contributed by atoms with van der Waals surface area (Å²) in [5.74, 6) is 1.49. The number of carbonyl (C=O) groups is 1. The molecule has 0 aromatic heterocycles. The van der Waals surface area contributed by atoms with Crippen LogP contribution in [0.3, 0.4) is 0 Å². The van der Waals surface area contributed by atoms with Gasteiger partial charge in [-0.3, -0.25) is 4.79 Å². The lowest BCUT2D eigenvalue weighted by Crippen LogP contribution is -2.07. The third-order valence-corrected chi connectivity index (χ3v) is 3.76. The van der Waals surface area contributed by atoms with Crippen LogP contribution in [0.1, 0.15) is 35.7 Å². The second-order valence-electron chi connectivity index (χ2n) is 4.72. The van der Waals surface area contributed by atoms with Crippen molar-refractivity contribution in [3.05, 3.63) is 22.2 Å². The number of carbonyl (C=O) groups excluding carboxylic acids is 1. The van der Waals surface area contributed by atoms with Gasteiger partial charge in [-0.15, -0.1) is 0 Å². The molecule has 1 aromatic carbocycles. The Morgan fingerprint density at radius 3 is 2.67 bits per heavy atom. The minimum absolute atomic E-state index is 0.0904. The predicted molar refractivity (Wildman–Crippen MR) is 71.0 cm³/mol. The van der Waals surface area contributed by atoms with Gasteiger partial charge in [-0.1, -0.05) is 18.5 Å². The summed E-state index contributed by atoms with van der Waals surface area (Å²) in [6.07, 6.45) is 2.31. The third kappa shape index (κ3) is 2.19. The molecular formula is C14H17ClO3. The molecule has 4 heteroatoms. The monoisotopic (exact) mass is 268 g/mol. The van der Waals surface area contributed by atoms with Crippen molar-refractivity contribution in [3.63, 3.8) is 0 Å². The summed E-state index contributed by atoms with van der Waals surface area (Å²) >= 11 is 6.25. The number of Topliss-reactive ketones (excluding diaryl/α,β-unsaturated/α-hetero) is 1. The number of benzene rings is 1. The van der Waals surface area contributed by atoms with Crippen LogP contribution in [0.25, 0.3) is 0 Å². The van der Waals surface area contributed by atoms with Gasteiger partial charge in [-0.2, -0.15) is 0 Å². The van der Waals surface area contributed by atoms with Crippen LogP contribution in [0.4, 0.5) is 0 Å². The van der Waals surface area contributed by atoms with Gasteiger partial charge >= 0.3 is 0 Å². The molecule has 0 radical (unpaired) electrons. The Morgan fingerprint density at radius 1 is 1.33 bits per heavy atom. The quantitative estimate of drug-likeness (QED) is 0.770. The summed E-state index contributed by atoms with van der Waals surface area (Å²) in [5.41, 5.74) is 1.50. The van der Waals surface area contributed by atoms with Gasteiger partial charge in [-0.25, -0.2) is 0 Å². The van der Waals surface area contributed by atoms with Crippen molar-refractivity contribution in [1.29, 1.82) is 0 Å². The lowest BCUT2D eigenvalue weighted by molar-refractivity contribution is 0.0963. The molecule has 0 spiro atoms. The average Bonchev–Trinajstić information content (AvgIpc) is 2.49. The highest BCUT2D eigenvalue weighted by atomic mass is 35.5. The second-order valence-corrected chi connectivity index (χ2v) is 5.13. The van der Waals surface area contributed by atoms with Gasteiger partial charge in [0.15, 0.2) is 17.3 Å². The number of ether oxygens (including phenoxy) is 2. The summed E-state index contributed by atoms with van der Waals surface area (Å²) in [4.78, 5) is 12.3. The number of halogens is 1. The van der Waals surface area contributed by atoms with Gasteiger partial charge in [0.25, 0.3) is 0 Å². The van der Waals surface area contributed by atoms with Crippen LogP contribution in [-0.2, 0) is 6.42 Å². The molecule has 0 aliphatic heterocycles. The summed E-state index contributed by atoms with van der Waals surface area (Å²) in [6.45, 7) is 2.08. The Hall–Kier alpha value is -1.22. The van der Waals surface area contributed by atoms with E-state index in [4.69, 9.17) is 21.1 Å². The number of hydrogen-bond donors (Lipinski definition) is 0. The van der Waals surface area contributed by atoms with Crippen LogP contribution < -0.4 is 9.47 Å². The molecule has 0 bridgehead atoms. The number of methoxy groups -OCH3 is 2. The van der Waals surface area contributed by atoms with Gasteiger partial charge in [-0.05, 0) is 24.3 Å². The number of fused-ring (bicyclic) bond motifs is 1. The van der Waals surface area contributed by atoms with E-state index in [1.165, 1.54) is 0 Å². The van der Waals surface area contributed by atoms with Crippen LogP contribution in [0.2, 0.25) is 5.02 Å². The van der Waals surface area contributed by atoms with Crippen molar-refractivity contribution in [1.82, 2.24) is 0 Å². The number of hydrogen-bond acceptors (Lipinski definition) is 3. The lowest BCUT2D eigenvalue weighted by Gasteiger charge is -2.15.